The van der Waals surface area contributed by atoms with Crippen LogP contribution in [0.3, 0.4) is 0 Å². The van der Waals surface area contributed by atoms with Gasteiger partial charge in [-0.3, -0.25) is 9.78 Å². The van der Waals surface area contributed by atoms with Gasteiger partial charge < -0.3 is 5.32 Å². The monoisotopic (exact) mass is 309 g/mol. The Morgan fingerprint density at radius 1 is 1.23 bits per heavy atom. The summed E-state index contributed by atoms with van der Waals surface area (Å²) < 4.78 is 38.8. The first-order valence-corrected chi connectivity index (χ1v) is 6.96. The summed E-state index contributed by atoms with van der Waals surface area (Å²) in [4.78, 5) is 18.7. The zero-order valence-electron chi connectivity index (χ0n) is 11.6. The van der Waals surface area contributed by atoms with Crippen LogP contribution in [0.1, 0.15) is 28.8 Å². The Kier molecular flexibility index (Phi) is 3.64. The van der Waals surface area contributed by atoms with Crippen LogP contribution < -0.4 is 10.9 Å². The Hall–Kier alpha value is -2.31. The molecule has 1 aromatic heterocycles. The maximum Gasteiger partial charge on any atom is 0.416 e. The van der Waals surface area contributed by atoms with E-state index >= 15 is 0 Å². The lowest BCUT2D eigenvalue weighted by atomic mass is 10.1. The average molecular weight is 309 g/mol. The molecule has 3 rings (SSSR count). The predicted molar refractivity (Wildman–Crippen MR) is 75.7 cm³/mol. The van der Waals surface area contributed by atoms with Gasteiger partial charge in [0.2, 0.25) is 5.95 Å². The number of rotatable bonds is 3. The Labute approximate surface area is 124 Å². The summed E-state index contributed by atoms with van der Waals surface area (Å²) in [7, 11) is 0. The van der Waals surface area contributed by atoms with Gasteiger partial charge in [-0.2, -0.15) is 13.2 Å². The third-order valence-corrected chi connectivity index (χ3v) is 3.71. The fourth-order valence-corrected chi connectivity index (χ4v) is 2.66. The number of nitrogens with one attached hydrogen (secondary N) is 2. The molecule has 0 radical (unpaired) electrons. The number of nitrogens with zero attached hydrogens (tertiary/aromatic N) is 1. The van der Waals surface area contributed by atoms with E-state index in [0.717, 1.165) is 24.6 Å². The molecule has 1 aliphatic rings. The summed E-state index contributed by atoms with van der Waals surface area (Å²) in [6.45, 7) is -0.0581. The van der Waals surface area contributed by atoms with Crippen molar-refractivity contribution in [1.82, 2.24) is 9.97 Å². The number of anilines is 1. The number of alkyl halides is 3. The van der Waals surface area contributed by atoms with Crippen LogP contribution in [0.2, 0.25) is 0 Å². The van der Waals surface area contributed by atoms with E-state index in [2.05, 4.69) is 15.3 Å². The molecule has 116 valence electrons. The second-order valence-electron chi connectivity index (χ2n) is 5.20. The second-order valence-corrected chi connectivity index (χ2v) is 5.20. The molecule has 1 aromatic carbocycles. The first kappa shape index (κ1) is 14.6. The van der Waals surface area contributed by atoms with Crippen molar-refractivity contribution in [2.45, 2.75) is 32.0 Å². The van der Waals surface area contributed by atoms with Gasteiger partial charge in [0.1, 0.15) is 0 Å². The van der Waals surface area contributed by atoms with Gasteiger partial charge in [0.15, 0.2) is 0 Å². The molecule has 0 atom stereocenters. The van der Waals surface area contributed by atoms with Gasteiger partial charge in [0.05, 0.1) is 11.3 Å². The van der Waals surface area contributed by atoms with Gasteiger partial charge in [0, 0.05) is 12.1 Å². The van der Waals surface area contributed by atoms with Gasteiger partial charge in [-0.1, -0.05) is 18.2 Å². The lowest BCUT2D eigenvalue weighted by Crippen LogP contribution is -2.18. The molecule has 0 saturated heterocycles. The molecule has 0 fully saturated rings. The van der Waals surface area contributed by atoms with Crippen molar-refractivity contribution >= 4 is 5.95 Å². The Morgan fingerprint density at radius 2 is 2.00 bits per heavy atom. The Bertz CT molecular complexity index is 752. The van der Waals surface area contributed by atoms with Crippen molar-refractivity contribution in [2.24, 2.45) is 0 Å². The van der Waals surface area contributed by atoms with Crippen LogP contribution in [0.4, 0.5) is 19.1 Å². The third-order valence-electron chi connectivity index (χ3n) is 3.71. The van der Waals surface area contributed by atoms with Crippen molar-refractivity contribution in [3.63, 3.8) is 0 Å². The van der Waals surface area contributed by atoms with E-state index < -0.39 is 11.7 Å². The summed E-state index contributed by atoms with van der Waals surface area (Å²) in [5.41, 5.74) is 0.620. The third kappa shape index (κ3) is 2.84. The first-order chi connectivity index (χ1) is 10.4. The number of aryl methyl sites for hydroxylation is 1. The first-order valence-electron chi connectivity index (χ1n) is 6.96. The number of aromatic amines is 1. The largest absolute Gasteiger partial charge is 0.416 e. The zero-order valence-corrected chi connectivity index (χ0v) is 11.6. The quantitative estimate of drug-likeness (QED) is 0.916. The summed E-state index contributed by atoms with van der Waals surface area (Å²) in [6.07, 6.45) is -2.09. The normalized spacial score (nSPS) is 14.0. The standard InChI is InChI=1S/C15H14F3N3O/c16-15(17,18)11-6-2-1-4-9(11)8-19-14-20-12-7-3-5-10(12)13(22)21-14/h1-2,4,6H,3,5,7-8H2,(H2,19,20,21,22). The lowest BCUT2D eigenvalue weighted by Gasteiger charge is -2.13. The molecule has 2 aromatic rings. The van der Waals surface area contributed by atoms with Crippen LogP contribution in [0, 0.1) is 0 Å². The van der Waals surface area contributed by atoms with Crippen molar-refractivity contribution in [3.8, 4) is 0 Å². The Balaban J connectivity index is 1.82. The molecule has 22 heavy (non-hydrogen) atoms. The number of benzene rings is 1. The fraction of sp³-hybridized carbons (Fsp3) is 0.333. The van der Waals surface area contributed by atoms with Gasteiger partial charge in [-0.15, -0.1) is 0 Å². The molecule has 0 aliphatic heterocycles. The average Bonchev–Trinajstić information content (AvgIpc) is 2.93. The minimum atomic E-state index is -4.41. The van der Waals surface area contributed by atoms with Crippen molar-refractivity contribution in [2.75, 3.05) is 5.32 Å². The molecule has 7 heteroatoms. The predicted octanol–water partition coefficient (Wildman–Crippen LogP) is 2.89. The maximum absolute atomic E-state index is 12.9. The minimum Gasteiger partial charge on any atom is -0.352 e. The number of H-pyrrole nitrogens is 1. The molecule has 0 amide bonds. The molecular weight excluding hydrogens is 295 g/mol. The zero-order chi connectivity index (χ0) is 15.7. The number of halogens is 3. The van der Waals surface area contributed by atoms with E-state index in [-0.39, 0.29) is 23.6 Å². The number of aromatic nitrogens is 2. The van der Waals surface area contributed by atoms with E-state index in [9.17, 15) is 18.0 Å². The lowest BCUT2D eigenvalue weighted by molar-refractivity contribution is -0.138. The fourth-order valence-electron chi connectivity index (χ4n) is 2.66. The van der Waals surface area contributed by atoms with Crippen LogP contribution in [0.15, 0.2) is 29.1 Å². The molecule has 4 nitrogen and oxygen atoms in total. The van der Waals surface area contributed by atoms with E-state index in [0.29, 0.717) is 12.0 Å². The van der Waals surface area contributed by atoms with Gasteiger partial charge in [0.25, 0.3) is 5.56 Å². The van der Waals surface area contributed by atoms with Gasteiger partial charge >= 0.3 is 6.18 Å². The van der Waals surface area contributed by atoms with Gasteiger partial charge in [-0.05, 0) is 30.9 Å². The van der Waals surface area contributed by atoms with Crippen molar-refractivity contribution in [3.05, 3.63) is 57.0 Å². The van der Waals surface area contributed by atoms with Crippen LogP contribution >= 0.6 is 0 Å². The van der Waals surface area contributed by atoms with Crippen molar-refractivity contribution < 1.29 is 13.2 Å². The molecule has 0 unspecified atom stereocenters. The van der Waals surface area contributed by atoms with E-state index in [1.807, 2.05) is 0 Å². The highest BCUT2D eigenvalue weighted by atomic mass is 19.4. The number of hydrogen-bond acceptors (Lipinski definition) is 3. The van der Waals surface area contributed by atoms with Crippen LogP contribution in [0.5, 0.6) is 0 Å². The minimum absolute atomic E-state index is 0.0581. The highest BCUT2D eigenvalue weighted by Crippen LogP contribution is 2.32. The van der Waals surface area contributed by atoms with E-state index in [1.54, 1.807) is 6.07 Å². The molecule has 0 saturated carbocycles. The molecule has 0 bridgehead atoms. The summed E-state index contributed by atoms with van der Waals surface area (Å²) in [5, 5.41) is 2.78. The molecule has 1 aliphatic carbocycles. The number of fused-ring (bicyclic) bond motifs is 1. The van der Waals surface area contributed by atoms with E-state index in [1.165, 1.54) is 12.1 Å². The summed E-state index contributed by atoms with van der Waals surface area (Å²) >= 11 is 0. The molecule has 1 heterocycles. The smallest absolute Gasteiger partial charge is 0.352 e. The molecule has 0 spiro atoms. The van der Waals surface area contributed by atoms with Crippen LogP contribution in [0.25, 0.3) is 0 Å². The van der Waals surface area contributed by atoms with Gasteiger partial charge in [-0.25, -0.2) is 4.98 Å². The summed E-state index contributed by atoms with van der Waals surface area (Å²) in [5.74, 6) is 0.211. The van der Waals surface area contributed by atoms with Crippen LogP contribution in [-0.4, -0.2) is 9.97 Å². The maximum atomic E-state index is 12.9. The van der Waals surface area contributed by atoms with E-state index in [4.69, 9.17) is 0 Å². The number of hydrogen-bond donors (Lipinski definition) is 2. The second kappa shape index (κ2) is 5.47. The topological polar surface area (TPSA) is 57.8 Å². The Morgan fingerprint density at radius 3 is 2.77 bits per heavy atom. The SMILES string of the molecule is O=c1[nH]c(NCc2ccccc2C(F)(F)F)nc2c1CCC2. The van der Waals surface area contributed by atoms with Crippen LogP contribution in [-0.2, 0) is 25.6 Å². The van der Waals surface area contributed by atoms with Crippen molar-refractivity contribution in [1.29, 1.82) is 0 Å². The molecule has 2 N–H and O–H groups in total. The molecular formula is C15H14F3N3O. The highest BCUT2D eigenvalue weighted by molar-refractivity contribution is 5.36. The summed E-state index contributed by atoms with van der Waals surface area (Å²) in [6, 6.07) is 5.34. The highest BCUT2D eigenvalue weighted by Gasteiger charge is 2.32.